The van der Waals surface area contributed by atoms with Crippen LogP contribution in [-0.4, -0.2) is 43.2 Å². The monoisotopic (exact) mass is 280 g/mol. The number of rotatable bonds is 7. The number of ether oxygens (including phenoxy) is 1. The van der Waals surface area contributed by atoms with Crippen LogP contribution in [0.2, 0.25) is 0 Å². The zero-order valence-electron chi connectivity index (χ0n) is 12.6. The number of likely N-dealkylation sites (N-methyl/N-ethyl adjacent to an activating group) is 1. The number of carbonyl (C=O) groups excluding carboxylic acids is 1. The fourth-order valence-electron chi connectivity index (χ4n) is 2.16. The van der Waals surface area contributed by atoms with Crippen molar-refractivity contribution in [2.24, 2.45) is 0 Å². The summed E-state index contributed by atoms with van der Waals surface area (Å²) in [6.07, 6.45) is 0.943. The van der Waals surface area contributed by atoms with Crippen LogP contribution in [0.3, 0.4) is 0 Å². The molecule has 1 atom stereocenters. The van der Waals surface area contributed by atoms with Crippen LogP contribution < -0.4 is 10.1 Å². The van der Waals surface area contributed by atoms with E-state index < -0.39 is 0 Å². The van der Waals surface area contributed by atoms with E-state index in [0.717, 1.165) is 18.5 Å². The Kier molecular flexibility index (Phi) is 6.31. The van der Waals surface area contributed by atoms with E-state index in [4.69, 9.17) is 4.74 Å². The van der Waals surface area contributed by atoms with Gasteiger partial charge in [-0.25, -0.2) is 0 Å². The number of hydrogen-bond donors (Lipinski definition) is 2. The standard InChI is InChI=1S/C15H24N2O3/c1-5-8-17(10-15(19)16-3)11(2)13-7-6-12(20-4)9-14(13)18/h6-7,9,11,18H,5,8,10H2,1-4H3,(H,16,19). The second-order valence-corrected chi connectivity index (χ2v) is 4.74. The Labute approximate surface area is 120 Å². The molecule has 5 heteroatoms. The van der Waals surface area contributed by atoms with Crippen molar-refractivity contribution in [3.05, 3.63) is 23.8 Å². The number of carbonyl (C=O) groups is 1. The smallest absolute Gasteiger partial charge is 0.233 e. The maximum absolute atomic E-state index is 11.6. The summed E-state index contributed by atoms with van der Waals surface area (Å²) in [7, 11) is 3.19. The Bertz CT molecular complexity index is 449. The third kappa shape index (κ3) is 4.13. The number of methoxy groups -OCH3 is 1. The van der Waals surface area contributed by atoms with E-state index in [1.54, 1.807) is 20.2 Å². The zero-order valence-corrected chi connectivity index (χ0v) is 12.6. The summed E-state index contributed by atoms with van der Waals surface area (Å²) in [5, 5.41) is 12.7. The number of hydrogen-bond acceptors (Lipinski definition) is 4. The summed E-state index contributed by atoms with van der Waals surface area (Å²) in [6, 6.07) is 5.20. The number of aromatic hydroxyl groups is 1. The van der Waals surface area contributed by atoms with Gasteiger partial charge < -0.3 is 15.2 Å². The summed E-state index contributed by atoms with van der Waals surface area (Å²) >= 11 is 0. The van der Waals surface area contributed by atoms with Crippen LogP contribution in [0.1, 0.15) is 31.9 Å². The van der Waals surface area contributed by atoms with Crippen LogP contribution in [0.5, 0.6) is 11.5 Å². The maximum atomic E-state index is 11.6. The van der Waals surface area contributed by atoms with Gasteiger partial charge in [0, 0.05) is 24.7 Å². The fourth-order valence-corrected chi connectivity index (χ4v) is 2.16. The van der Waals surface area contributed by atoms with Crippen LogP contribution >= 0.6 is 0 Å². The molecule has 0 radical (unpaired) electrons. The van der Waals surface area contributed by atoms with Crippen LogP contribution in [0.4, 0.5) is 0 Å². The summed E-state index contributed by atoms with van der Waals surface area (Å²) in [4.78, 5) is 13.6. The van der Waals surface area contributed by atoms with Gasteiger partial charge in [-0.15, -0.1) is 0 Å². The molecule has 0 fully saturated rings. The molecule has 0 aromatic heterocycles. The largest absolute Gasteiger partial charge is 0.507 e. The highest BCUT2D eigenvalue weighted by atomic mass is 16.5. The Hall–Kier alpha value is -1.75. The molecule has 1 rings (SSSR count). The lowest BCUT2D eigenvalue weighted by atomic mass is 10.0. The first-order chi connectivity index (χ1) is 9.53. The molecular weight excluding hydrogens is 256 g/mol. The zero-order chi connectivity index (χ0) is 15.1. The van der Waals surface area contributed by atoms with Gasteiger partial charge in [-0.2, -0.15) is 0 Å². The lowest BCUT2D eigenvalue weighted by molar-refractivity contribution is -0.122. The SMILES string of the molecule is CCCN(CC(=O)NC)C(C)c1ccc(OC)cc1O. The molecule has 1 unspecified atom stereocenters. The van der Waals surface area contributed by atoms with Gasteiger partial charge >= 0.3 is 0 Å². The minimum absolute atomic E-state index is 0.0294. The predicted molar refractivity (Wildman–Crippen MR) is 79.0 cm³/mol. The highest BCUT2D eigenvalue weighted by Gasteiger charge is 2.20. The Morgan fingerprint density at radius 3 is 2.70 bits per heavy atom. The number of amides is 1. The first-order valence-electron chi connectivity index (χ1n) is 6.85. The summed E-state index contributed by atoms with van der Waals surface area (Å²) < 4.78 is 5.08. The third-order valence-corrected chi connectivity index (χ3v) is 3.37. The van der Waals surface area contributed by atoms with Gasteiger partial charge in [0.1, 0.15) is 11.5 Å². The lowest BCUT2D eigenvalue weighted by Crippen LogP contribution is -2.37. The van der Waals surface area contributed by atoms with E-state index in [2.05, 4.69) is 12.2 Å². The number of phenols is 1. The van der Waals surface area contributed by atoms with E-state index in [0.29, 0.717) is 12.3 Å². The van der Waals surface area contributed by atoms with E-state index in [9.17, 15) is 9.90 Å². The van der Waals surface area contributed by atoms with Crippen LogP contribution in [0.15, 0.2) is 18.2 Å². The number of benzene rings is 1. The van der Waals surface area contributed by atoms with Crippen molar-refractivity contribution in [2.75, 3.05) is 27.2 Å². The molecule has 5 nitrogen and oxygen atoms in total. The van der Waals surface area contributed by atoms with Gasteiger partial charge in [0.15, 0.2) is 0 Å². The van der Waals surface area contributed by atoms with Crippen LogP contribution in [0, 0.1) is 0 Å². The van der Waals surface area contributed by atoms with Gasteiger partial charge in [0.05, 0.1) is 13.7 Å². The molecule has 0 spiro atoms. The predicted octanol–water partition coefficient (Wildman–Crippen LogP) is 1.92. The van der Waals surface area contributed by atoms with Gasteiger partial charge in [0.2, 0.25) is 5.91 Å². The van der Waals surface area contributed by atoms with Crippen molar-refractivity contribution >= 4 is 5.91 Å². The van der Waals surface area contributed by atoms with Gasteiger partial charge in [-0.1, -0.05) is 13.0 Å². The van der Waals surface area contributed by atoms with E-state index in [-0.39, 0.29) is 17.7 Å². The number of phenolic OH excluding ortho intramolecular Hbond substituents is 1. The molecule has 0 saturated heterocycles. The number of nitrogens with one attached hydrogen (secondary N) is 1. The van der Waals surface area contributed by atoms with Crippen molar-refractivity contribution < 1.29 is 14.6 Å². The average Bonchev–Trinajstić information content (AvgIpc) is 2.45. The van der Waals surface area contributed by atoms with Crippen molar-refractivity contribution in [2.45, 2.75) is 26.3 Å². The quantitative estimate of drug-likeness (QED) is 0.801. The van der Waals surface area contributed by atoms with Crippen molar-refractivity contribution in [3.8, 4) is 11.5 Å². The highest BCUT2D eigenvalue weighted by molar-refractivity contribution is 5.77. The molecule has 0 aliphatic heterocycles. The molecule has 0 aliphatic carbocycles. The first kappa shape index (κ1) is 16.3. The van der Waals surface area contributed by atoms with E-state index >= 15 is 0 Å². The molecular formula is C15H24N2O3. The fraction of sp³-hybridized carbons (Fsp3) is 0.533. The van der Waals surface area contributed by atoms with Crippen molar-refractivity contribution in [3.63, 3.8) is 0 Å². The molecule has 2 N–H and O–H groups in total. The average molecular weight is 280 g/mol. The molecule has 0 heterocycles. The van der Waals surface area contributed by atoms with Gasteiger partial charge in [-0.05, 0) is 26.0 Å². The molecule has 20 heavy (non-hydrogen) atoms. The molecule has 0 aliphatic rings. The Morgan fingerprint density at radius 1 is 1.50 bits per heavy atom. The summed E-state index contributed by atoms with van der Waals surface area (Å²) in [5.74, 6) is 0.778. The topological polar surface area (TPSA) is 61.8 Å². The van der Waals surface area contributed by atoms with E-state index in [1.165, 1.54) is 0 Å². The van der Waals surface area contributed by atoms with Crippen molar-refractivity contribution in [1.82, 2.24) is 10.2 Å². The summed E-state index contributed by atoms with van der Waals surface area (Å²) in [5.41, 5.74) is 0.795. The van der Waals surface area contributed by atoms with Crippen LogP contribution in [-0.2, 0) is 4.79 Å². The highest BCUT2D eigenvalue weighted by Crippen LogP contribution is 2.31. The molecule has 0 bridgehead atoms. The Morgan fingerprint density at radius 2 is 2.20 bits per heavy atom. The molecule has 112 valence electrons. The van der Waals surface area contributed by atoms with Gasteiger partial charge in [0.25, 0.3) is 0 Å². The lowest BCUT2D eigenvalue weighted by Gasteiger charge is -2.28. The van der Waals surface area contributed by atoms with Crippen LogP contribution in [0.25, 0.3) is 0 Å². The molecule has 1 amide bonds. The minimum Gasteiger partial charge on any atom is -0.507 e. The molecule has 0 saturated carbocycles. The number of nitrogens with zero attached hydrogens (tertiary/aromatic N) is 1. The second kappa shape index (κ2) is 7.75. The minimum atomic E-state index is -0.0434. The maximum Gasteiger partial charge on any atom is 0.233 e. The normalized spacial score (nSPS) is 12.2. The molecule has 1 aromatic carbocycles. The second-order valence-electron chi connectivity index (χ2n) is 4.74. The molecule has 1 aromatic rings. The summed E-state index contributed by atoms with van der Waals surface area (Å²) in [6.45, 7) is 5.16. The Balaban J connectivity index is 2.93. The van der Waals surface area contributed by atoms with E-state index in [1.807, 2.05) is 24.0 Å². The third-order valence-electron chi connectivity index (χ3n) is 3.37. The van der Waals surface area contributed by atoms with Gasteiger partial charge in [-0.3, -0.25) is 9.69 Å². The first-order valence-corrected chi connectivity index (χ1v) is 6.85. The van der Waals surface area contributed by atoms with Crippen molar-refractivity contribution in [1.29, 1.82) is 0 Å².